The van der Waals surface area contributed by atoms with Crippen LogP contribution in [0.1, 0.15) is 24.5 Å². The molecule has 0 aliphatic rings. The minimum atomic E-state index is -0.904. The predicted octanol–water partition coefficient (Wildman–Crippen LogP) is 4.83. The van der Waals surface area contributed by atoms with Crippen LogP contribution in [-0.4, -0.2) is 5.11 Å². The van der Waals surface area contributed by atoms with Crippen LogP contribution in [0.15, 0.2) is 48.5 Å². The van der Waals surface area contributed by atoms with Crippen molar-refractivity contribution in [2.45, 2.75) is 25.4 Å². The van der Waals surface area contributed by atoms with Crippen molar-refractivity contribution in [1.29, 1.82) is 0 Å². The van der Waals surface area contributed by atoms with Gasteiger partial charge in [-0.15, -0.1) is 0 Å². The van der Waals surface area contributed by atoms with Gasteiger partial charge in [0.05, 0.1) is 5.60 Å². The molecule has 2 aromatic rings. The number of benzene rings is 2. The third-order valence-electron chi connectivity index (χ3n) is 3.39. The highest BCUT2D eigenvalue weighted by atomic mass is 35.5. The average Bonchev–Trinajstić information content (AvgIpc) is 2.43. The van der Waals surface area contributed by atoms with E-state index in [1.807, 2.05) is 43.3 Å². The number of halogens is 2. The summed E-state index contributed by atoms with van der Waals surface area (Å²) in [5, 5.41) is 12.0. The van der Waals surface area contributed by atoms with Crippen LogP contribution in [0.25, 0.3) is 0 Å². The van der Waals surface area contributed by atoms with E-state index >= 15 is 0 Å². The van der Waals surface area contributed by atoms with Crippen LogP contribution in [-0.2, 0) is 12.0 Å². The first kappa shape index (κ1) is 14.4. The molecule has 100 valence electrons. The third-order valence-corrected chi connectivity index (χ3v) is 3.98. The zero-order chi connectivity index (χ0) is 13.9. The molecule has 1 unspecified atom stereocenters. The van der Waals surface area contributed by atoms with Crippen LogP contribution < -0.4 is 0 Å². The maximum Gasteiger partial charge on any atom is 0.0934 e. The van der Waals surface area contributed by atoms with Crippen molar-refractivity contribution in [3.05, 3.63) is 69.7 Å². The molecular formula is C16H16Cl2O. The molecule has 0 radical (unpaired) electrons. The zero-order valence-electron chi connectivity index (χ0n) is 10.7. The highest BCUT2D eigenvalue weighted by molar-refractivity contribution is 6.35. The summed E-state index contributed by atoms with van der Waals surface area (Å²) in [6, 6.07) is 15.0. The number of rotatable bonds is 4. The lowest BCUT2D eigenvalue weighted by Crippen LogP contribution is -2.27. The number of aliphatic hydroxyl groups is 1. The van der Waals surface area contributed by atoms with E-state index in [0.717, 1.165) is 11.1 Å². The van der Waals surface area contributed by atoms with Crippen LogP contribution in [0.3, 0.4) is 0 Å². The molecule has 2 rings (SSSR count). The fraction of sp³-hybridized carbons (Fsp3) is 0.250. The van der Waals surface area contributed by atoms with E-state index in [0.29, 0.717) is 22.9 Å². The Hall–Kier alpha value is -1.02. The van der Waals surface area contributed by atoms with Crippen molar-refractivity contribution in [1.82, 2.24) is 0 Å². The molecule has 3 heteroatoms. The summed E-state index contributed by atoms with van der Waals surface area (Å²) in [6.07, 6.45) is 1.10. The maximum atomic E-state index is 10.8. The largest absolute Gasteiger partial charge is 0.385 e. The van der Waals surface area contributed by atoms with Crippen molar-refractivity contribution >= 4 is 23.2 Å². The maximum absolute atomic E-state index is 10.8. The van der Waals surface area contributed by atoms with E-state index in [1.54, 1.807) is 12.1 Å². The molecule has 0 aliphatic heterocycles. The molecule has 0 saturated carbocycles. The first-order valence-electron chi connectivity index (χ1n) is 6.27. The van der Waals surface area contributed by atoms with Gasteiger partial charge in [0.25, 0.3) is 0 Å². The molecule has 0 heterocycles. The molecule has 0 spiro atoms. The highest BCUT2D eigenvalue weighted by Crippen LogP contribution is 2.32. The Labute approximate surface area is 123 Å². The molecule has 19 heavy (non-hydrogen) atoms. The van der Waals surface area contributed by atoms with Gasteiger partial charge < -0.3 is 5.11 Å². The first-order chi connectivity index (χ1) is 9.05. The molecule has 1 nitrogen and oxygen atoms in total. The fourth-order valence-electron chi connectivity index (χ4n) is 2.16. The molecule has 0 bridgehead atoms. The van der Waals surface area contributed by atoms with Crippen LogP contribution in [0.4, 0.5) is 0 Å². The summed E-state index contributed by atoms with van der Waals surface area (Å²) in [4.78, 5) is 0. The van der Waals surface area contributed by atoms with Gasteiger partial charge in [-0.05, 0) is 29.7 Å². The number of hydrogen-bond donors (Lipinski definition) is 1. The SMILES string of the molecule is CCC(O)(Cc1ccc(Cl)cc1Cl)c1ccccc1. The summed E-state index contributed by atoms with van der Waals surface area (Å²) in [6.45, 7) is 1.97. The summed E-state index contributed by atoms with van der Waals surface area (Å²) < 4.78 is 0. The van der Waals surface area contributed by atoms with Gasteiger partial charge in [0.2, 0.25) is 0 Å². The van der Waals surface area contributed by atoms with E-state index < -0.39 is 5.60 Å². The molecular weight excluding hydrogens is 279 g/mol. The van der Waals surface area contributed by atoms with E-state index in [1.165, 1.54) is 0 Å². The molecule has 0 saturated heterocycles. The normalized spacial score (nSPS) is 14.1. The van der Waals surface area contributed by atoms with Crippen molar-refractivity contribution in [3.8, 4) is 0 Å². The van der Waals surface area contributed by atoms with Gasteiger partial charge in [-0.1, -0.05) is 66.5 Å². The van der Waals surface area contributed by atoms with Gasteiger partial charge >= 0.3 is 0 Å². The minimum absolute atomic E-state index is 0.476. The van der Waals surface area contributed by atoms with Crippen LogP contribution >= 0.6 is 23.2 Å². The monoisotopic (exact) mass is 294 g/mol. The van der Waals surface area contributed by atoms with Gasteiger partial charge in [-0.3, -0.25) is 0 Å². The summed E-state index contributed by atoms with van der Waals surface area (Å²) >= 11 is 12.1. The molecule has 1 atom stereocenters. The zero-order valence-corrected chi connectivity index (χ0v) is 12.2. The Kier molecular flexibility index (Phi) is 4.51. The Morgan fingerprint density at radius 2 is 1.74 bits per heavy atom. The average molecular weight is 295 g/mol. The lowest BCUT2D eigenvalue weighted by Gasteiger charge is -2.28. The quantitative estimate of drug-likeness (QED) is 0.856. The highest BCUT2D eigenvalue weighted by Gasteiger charge is 2.28. The molecule has 0 aromatic heterocycles. The van der Waals surface area contributed by atoms with Gasteiger partial charge in [-0.25, -0.2) is 0 Å². The van der Waals surface area contributed by atoms with Crippen molar-refractivity contribution in [3.63, 3.8) is 0 Å². The molecule has 0 aliphatic carbocycles. The molecule has 1 N–H and O–H groups in total. The first-order valence-corrected chi connectivity index (χ1v) is 7.02. The smallest absolute Gasteiger partial charge is 0.0934 e. The van der Waals surface area contributed by atoms with E-state index in [9.17, 15) is 5.11 Å². The topological polar surface area (TPSA) is 20.2 Å². The standard InChI is InChI=1S/C16H16Cl2O/c1-2-16(19,13-6-4-3-5-7-13)11-12-8-9-14(17)10-15(12)18/h3-10,19H,2,11H2,1H3. The molecule has 2 aromatic carbocycles. The van der Waals surface area contributed by atoms with Crippen molar-refractivity contribution in [2.75, 3.05) is 0 Å². The van der Waals surface area contributed by atoms with E-state index in [-0.39, 0.29) is 0 Å². The third kappa shape index (κ3) is 3.30. The van der Waals surface area contributed by atoms with E-state index in [4.69, 9.17) is 23.2 Å². The Morgan fingerprint density at radius 3 is 2.32 bits per heavy atom. The van der Waals surface area contributed by atoms with Crippen LogP contribution in [0.5, 0.6) is 0 Å². The van der Waals surface area contributed by atoms with Crippen LogP contribution in [0, 0.1) is 0 Å². The lowest BCUT2D eigenvalue weighted by molar-refractivity contribution is 0.0327. The minimum Gasteiger partial charge on any atom is -0.385 e. The van der Waals surface area contributed by atoms with Crippen LogP contribution in [0.2, 0.25) is 10.0 Å². The van der Waals surface area contributed by atoms with Gasteiger partial charge in [0, 0.05) is 16.5 Å². The summed E-state index contributed by atoms with van der Waals surface area (Å²) in [5.74, 6) is 0. The van der Waals surface area contributed by atoms with Crippen molar-refractivity contribution in [2.24, 2.45) is 0 Å². The van der Waals surface area contributed by atoms with Gasteiger partial charge in [-0.2, -0.15) is 0 Å². The lowest BCUT2D eigenvalue weighted by atomic mass is 9.85. The molecule has 0 fully saturated rings. The second kappa shape index (κ2) is 5.96. The second-order valence-electron chi connectivity index (χ2n) is 4.66. The fourth-order valence-corrected chi connectivity index (χ4v) is 2.63. The van der Waals surface area contributed by atoms with Crippen molar-refractivity contribution < 1.29 is 5.11 Å². The second-order valence-corrected chi connectivity index (χ2v) is 5.51. The molecule has 0 amide bonds. The Bertz CT molecular complexity index is 554. The Morgan fingerprint density at radius 1 is 1.05 bits per heavy atom. The summed E-state index contributed by atoms with van der Waals surface area (Å²) in [5.41, 5.74) is 0.904. The predicted molar refractivity (Wildman–Crippen MR) is 80.8 cm³/mol. The van der Waals surface area contributed by atoms with E-state index in [2.05, 4.69) is 0 Å². The van der Waals surface area contributed by atoms with Gasteiger partial charge in [0.15, 0.2) is 0 Å². The van der Waals surface area contributed by atoms with Gasteiger partial charge in [0.1, 0.15) is 0 Å². The summed E-state index contributed by atoms with van der Waals surface area (Å²) in [7, 11) is 0. The Balaban J connectivity index is 2.33. The number of hydrogen-bond acceptors (Lipinski definition) is 1.